The van der Waals surface area contributed by atoms with Crippen molar-refractivity contribution >= 4 is 11.7 Å². The van der Waals surface area contributed by atoms with Crippen molar-refractivity contribution in [3.05, 3.63) is 23.9 Å². The smallest absolute Gasteiger partial charge is 0.226 e. The van der Waals surface area contributed by atoms with E-state index in [9.17, 15) is 4.79 Å². The van der Waals surface area contributed by atoms with Crippen molar-refractivity contribution < 1.29 is 4.79 Å². The number of anilines is 1. The highest BCUT2D eigenvalue weighted by Gasteiger charge is 2.20. The van der Waals surface area contributed by atoms with Gasteiger partial charge in [0, 0.05) is 24.9 Å². The summed E-state index contributed by atoms with van der Waals surface area (Å²) in [6.07, 6.45) is 7.04. The van der Waals surface area contributed by atoms with Crippen molar-refractivity contribution in [1.82, 2.24) is 9.78 Å². The van der Waals surface area contributed by atoms with Gasteiger partial charge in [0.05, 0.1) is 5.69 Å². The van der Waals surface area contributed by atoms with Gasteiger partial charge in [0.1, 0.15) is 5.82 Å². The molecule has 1 amide bonds. The Hall–Kier alpha value is -1.58. The fourth-order valence-corrected chi connectivity index (χ4v) is 2.25. The minimum Gasteiger partial charge on any atom is -0.311 e. The number of rotatable bonds is 3. The minimum absolute atomic E-state index is 0.00503. The third kappa shape index (κ3) is 3.46. The number of carbonyl (C=O) groups is 1. The first kappa shape index (κ1) is 13.8. The lowest BCUT2D eigenvalue weighted by Gasteiger charge is -2.13. The van der Waals surface area contributed by atoms with Crippen LogP contribution in [-0.2, 0) is 17.3 Å². The van der Waals surface area contributed by atoms with Crippen molar-refractivity contribution in [2.75, 3.05) is 5.32 Å². The van der Waals surface area contributed by atoms with E-state index in [0.29, 0.717) is 12.3 Å². The molecule has 4 heteroatoms. The van der Waals surface area contributed by atoms with Gasteiger partial charge in [-0.25, -0.2) is 0 Å². The molecule has 0 spiro atoms. The molecule has 1 aromatic rings. The van der Waals surface area contributed by atoms with E-state index < -0.39 is 0 Å². The highest BCUT2D eigenvalue weighted by molar-refractivity contribution is 5.90. The lowest BCUT2D eigenvalue weighted by atomic mass is 9.92. The van der Waals surface area contributed by atoms with Gasteiger partial charge in [-0.1, -0.05) is 32.9 Å². The van der Waals surface area contributed by atoms with E-state index in [0.717, 1.165) is 24.4 Å². The number of aryl methyl sites for hydroxylation is 1. The summed E-state index contributed by atoms with van der Waals surface area (Å²) < 4.78 is 1.74. The number of hydrogen-bond acceptors (Lipinski definition) is 2. The highest BCUT2D eigenvalue weighted by atomic mass is 16.1. The van der Waals surface area contributed by atoms with Gasteiger partial charge in [-0.05, 0) is 18.8 Å². The van der Waals surface area contributed by atoms with Gasteiger partial charge < -0.3 is 5.32 Å². The van der Waals surface area contributed by atoms with Crippen LogP contribution in [0.4, 0.5) is 5.82 Å². The number of aromatic nitrogens is 2. The van der Waals surface area contributed by atoms with Gasteiger partial charge in [-0.15, -0.1) is 0 Å². The Balaban J connectivity index is 2.00. The highest BCUT2D eigenvalue weighted by Crippen LogP contribution is 2.24. The second-order valence-corrected chi connectivity index (χ2v) is 6.31. The largest absolute Gasteiger partial charge is 0.311 e. The van der Waals surface area contributed by atoms with Crippen molar-refractivity contribution in [2.45, 2.75) is 45.4 Å². The molecule has 0 saturated heterocycles. The topological polar surface area (TPSA) is 46.9 Å². The van der Waals surface area contributed by atoms with Gasteiger partial charge in [0.25, 0.3) is 0 Å². The molecule has 104 valence electrons. The number of carbonyl (C=O) groups excluding carboxylic acids is 1. The van der Waals surface area contributed by atoms with Crippen LogP contribution in [0.1, 0.15) is 45.7 Å². The molecular weight excluding hydrogens is 238 g/mol. The average molecular weight is 261 g/mol. The van der Waals surface area contributed by atoms with Crippen LogP contribution in [0.3, 0.4) is 0 Å². The van der Waals surface area contributed by atoms with Crippen LogP contribution in [0.25, 0.3) is 0 Å². The second kappa shape index (κ2) is 5.19. The van der Waals surface area contributed by atoms with Crippen LogP contribution in [-0.4, -0.2) is 15.7 Å². The molecule has 19 heavy (non-hydrogen) atoms. The summed E-state index contributed by atoms with van der Waals surface area (Å²) in [7, 11) is 1.86. The Labute approximate surface area is 114 Å². The fourth-order valence-electron chi connectivity index (χ4n) is 2.25. The number of nitrogens with zero attached hydrogens (tertiary/aromatic N) is 2. The van der Waals surface area contributed by atoms with Crippen LogP contribution in [0.15, 0.2) is 18.2 Å². The molecule has 0 saturated carbocycles. The average Bonchev–Trinajstić information content (AvgIpc) is 2.88. The molecule has 1 aliphatic rings. The van der Waals surface area contributed by atoms with Crippen LogP contribution >= 0.6 is 0 Å². The molecule has 1 aromatic heterocycles. The number of amides is 1. The molecular formula is C15H23N3O. The fraction of sp³-hybridized carbons (Fsp3) is 0.600. The van der Waals surface area contributed by atoms with Crippen LogP contribution in [0.2, 0.25) is 0 Å². The summed E-state index contributed by atoms with van der Waals surface area (Å²) in [6.45, 7) is 6.35. The van der Waals surface area contributed by atoms with Crippen molar-refractivity contribution in [2.24, 2.45) is 13.0 Å². The van der Waals surface area contributed by atoms with Crippen molar-refractivity contribution in [3.63, 3.8) is 0 Å². The molecule has 0 bridgehead atoms. The molecule has 2 rings (SSSR count). The van der Waals surface area contributed by atoms with Crippen molar-refractivity contribution in [1.29, 1.82) is 0 Å². The van der Waals surface area contributed by atoms with Gasteiger partial charge >= 0.3 is 0 Å². The first-order valence-corrected chi connectivity index (χ1v) is 6.87. The number of nitrogens with one attached hydrogen (secondary N) is 1. The standard InChI is InChI=1S/C15H23N3O/c1-15(2,3)12-10-13(18(4)17-12)16-14(19)9-11-7-5-6-8-11/h5,7,10-11H,6,8-9H2,1-4H3,(H,16,19). The zero-order chi connectivity index (χ0) is 14.0. The molecule has 0 aromatic carbocycles. The molecule has 1 atom stereocenters. The normalized spacial score (nSPS) is 18.8. The number of hydrogen-bond donors (Lipinski definition) is 1. The zero-order valence-corrected chi connectivity index (χ0v) is 12.2. The Kier molecular flexibility index (Phi) is 3.78. The van der Waals surface area contributed by atoms with Crippen molar-refractivity contribution in [3.8, 4) is 0 Å². The maximum absolute atomic E-state index is 12.0. The SMILES string of the molecule is Cn1nc(C(C)(C)C)cc1NC(=O)CC1C=CCC1. The van der Waals surface area contributed by atoms with Crippen LogP contribution < -0.4 is 5.32 Å². The summed E-state index contributed by atoms with van der Waals surface area (Å²) >= 11 is 0. The first-order valence-electron chi connectivity index (χ1n) is 6.87. The van der Waals surface area contributed by atoms with E-state index in [1.165, 1.54) is 0 Å². The molecule has 1 aliphatic carbocycles. The first-order chi connectivity index (χ1) is 8.86. The molecule has 0 radical (unpaired) electrons. The lowest BCUT2D eigenvalue weighted by Crippen LogP contribution is -2.16. The third-order valence-electron chi connectivity index (χ3n) is 3.48. The predicted molar refractivity (Wildman–Crippen MR) is 77.0 cm³/mol. The van der Waals surface area contributed by atoms with E-state index in [-0.39, 0.29) is 11.3 Å². The van der Waals surface area contributed by atoms with E-state index in [4.69, 9.17) is 0 Å². The third-order valence-corrected chi connectivity index (χ3v) is 3.48. The van der Waals surface area contributed by atoms with Gasteiger partial charge in [-0.3, -0.25) is 9.48 Å². The summed E-state index contributed by atoms with van der Waals surface area (Å²) in [5.41, 5.74) is 0.987. The quantitative estimate of drug-likeness (QED) is 0.850. The van der Waals surface area contributed by atoms with Gasteiger partial charge in [-0.2, -0.15) is 5.10 Å². The number of allylic oxidation sites excluding steroid dienone is 2. The molecule has 1 unspecified atom stereocenters. The Morgan fingerprint density at radius 1 is 1.53 bits per heavy atom. The minimum atomic E-state index is -0.00503. The summed E-state index contributed by atoms with van der Waals surface area (Å²) in [5.74, 6) is 1.24. The summed E-state index contributed by atoms with van der Waals surface area (Å²) in [5, 5.41) is 7.41. The van der Waals surface area contributed by atoms with E-state index in [1.54, 1.807) is 4.68 Å². The molecule has 1 N–H and O–H groups in total. The zero-order valence-electron chi connectivity index (χ0n) is 12.2. The van der Waals surface area contributed by atoms with Gasteiger partial charge in [0.2, 0.25) is 5.91 Å². The summed E-state index contributed by atoms with van der Waals surface area (Å²) in [4.78, 5) is 12.0. The Morgan fingerprint density at radius 2 is 2.26 bits per heavy atom. The second-order valence-electron chi connectivity index (χ2n) is 6.31. The Bertz CT molecular complexity index is 494. The summed E-state index contributed by atoms with van der Waals surface area (Å²) in [6, 6.07) is 1.96. The van der Waals surface area contributed by atoms with Gasteiger partial charge in [0.15, 0.2) is 0 Å². The maximum Gasteiger partial charge on any atom is 0.226 e. The Morgan fingerprint density at radius 3 is 2.79 bits per heavy atom. The maximum atomic E-state index is 12.0. The lowest BCUT2D eigenvalue weighted by molar-refractivity contribution is -0.116. The van der Waals surface area contributed by atoms with Crippen LogP contribution in [0, 0.1) is 5.92 Å². The predicted octanol–water partition coefficient (Wildman–Crippen LogP) is 3.01. The molecule has 0 aliphatic heterocycles. The molecule has 1 heterocycles. The van der Waals surface area contributed by atoms with E-state index >= 15 is 0 Å². The van der Waals surface area contributed by atoms with E-state index in [2.05, 4.69) is 43.3 Å². The monoisotopic (exact) mass is 261 g/mol. The molecule has 0 fully saturated rings. The van der Waals surface area contributed by atoms with Crippen LogP contribution in [0.5, 0.6) is 0 Å². The molecule has 4 nitrogen and oxygen atoms in total. The van der Waals surface area contributed by atoms with E-state index in [1.807, 2.05) is 13.1 Å².